The Morgan fingerprint density at radius 1 is 1.28 bits per heavy atom. The Morgan fingerprint density at radius 3 is 2.64 bits per heavy atom. The van der Waals surface area contributed by atoms with Gasteiger partial charge in [0.15, 0.2) is 0 Å². The van der Waals surface area contributed by atoms with Crippen LogP contribution in [0, 0.1) is 5.92 Å². The SMILES string of the molecule is CCCCCC(=O)OC[C@@H](COS(C)(=O)=O)Cc1cc(Cl)ccc1N. The van der Waals surface area contributed by atoms with Crippen molar-refractivity contribution in [1.29, 1.82) is 0 Å². The Bertz CT molecular complexity index is 663. The van der Waals surface area contributed by atoms with Gasteiger partial charge in [0, 0.05) is 23.0 Å². The second-order valence-electron chi connectivity index (χ2n) is 6.04. The molecule has 2 N–H and O–H groups in total. The number of halogens is 1. The van der Waals surface area contributed by atoms with E-state index in [1.54, 1.807) is 18.2 Å². The van der Waals surface area contributed by atoms with E-state index in [1.165, 1.54) is 0 Å². The van der Waals surface area contributed by atoms with Gasteiger partial charge in [-0.3, -0.25) is 8.98 Å². The average Bonchev–Trinajstić information content (AvgIpc) is 2.52. The van der Waals surface area contributed by atoms with Crippen molar-refractivity contribution in [2.24, 2.45) is 5.92 Å². The molecule has 0 fully saturated rings. The number of rotatable bonds is 11. The van der Waals surface area contributed by atoms with Gasteiger partial charge in [-0.1, -0.05) is 31.4 Å². The maximum absolute atomic E-state index is 11.8. The van der Waals surface area contributed by atoms with Gasteiger partial charge in [0.05, 0.1) is 19.5 Å². The lowest BCUT2D eigenvalue weighted by molar-refractivity contribution is -0.145. The van der Waals surface area contributed by atoms with E-state index >= 15 is 0 Å². The Hall–Kier alpha value is -1.31. The van der Waals surface area contributed by atoms with Crippen LogP contribution in [0.15, 0.2) is 18.2 Å². The van der Waals surface area contributed by atoms with Gasteiger partial charge in [-0.05, 0) is 36.6 Å². The first-order valence-electron chi connectivity index (χ1n) is 8.25. The highest BCUT2D eigenvalue weighted by molar-refractivity contribution is 7.85. The lowest BCUT2D eigenvalue weighted by atomic mass is 9.99. The Labute approximate surface area is 154 Å². The number of ether oxygens (including phenoxy) is 1. The van der Waals surface area contributed by atoms with Crippen LogP contribution in [-0.2, 0) is 30.3 Å². The minimum Gasteiger partial charge on any atom is -0.465 e. The molecule has 142 valence electrons. The third-order valence-electron chi connectivity index (χ3n) is 3.60. The van der Waals surface area contributed by atoms with E-state index in [9.17, 15) is 13.2 Å². The van der Waals surface area contributed by atoms with Gasteiger partial charge in [0.1, 0.15) is 0 Å². The predicted molar refractivity (Wildman–Crippen MR) is 99.0 cm³/mol. The molecule has 0 aliphatic rings. The van der Waals surface area contributed by atoms with Crippen LogP contribution < -0.4 is 5.73 Å². The third kappa shape index (κ3) is 9.67. The minimum absolute atomic E-state index is 0.0619. The quantitative estimate of drug-likeness (QED) is 0.269. The van der Waals surface area contributed by atoms with Gasteiger partial charge in [-0.25, -0.2) is 0 Å². The number of carbonyl (C=O) groups is 1. The number of anilines is 1. The molecule has 0 aliphatic heterocycles. The summed E-state index contributed by atoms with van der Waals surface area (Å²) in [6.07, 6.45) is 4.49. The standard InChI is InChI=1S/C17H26ClNO5S/c1-3-4-5-6-17(20)23-11-13(12-24-25(2,21)22)9-14-10-15(18)7-8-16(14)19/h7-8,10,13H,3-6,9,11-12,19H2,1-2H3/t13-/m0/s1. The van der Waals surface area contributed by atoms with E-state index in [0.717, 1.165) is 31.1 Å². The summed E-state index contributed by atoms with van der Waals surface area (Å²) in [5.41, 5.74) is 7.24. The van der Waals surface area contributed by atoms with Gasteiger partial charge in [0.25, 0.3) is 10.1 Å². The maximum atomic E-state index is 11.8. The number of nitrogens with two attached hydrogens (primary N) is 1. The molecule has 6 nitrogen and oxygen atoms in total. The molecule has 1 rings (SSSR count). The number of nitrogen functional groups attached to an aromatic ring is 1. The highest BCUT2D eigenvalue weighted by Crippen LogP contribution is 2.22. The van der Waals surface area contributed by atoms with Crippen molar-refractivity contribution in [3.8, 4) is 0 Å². The zero-order valence-electron chi connectivity index (χ0n) is 14.7. The Kier molecular flexibility index (Phi) is 9.24. The summed E-state index contributed by atoms with van der Waals surface area (Å²) < 4.78 is 32.6. The molecule has 1 atom stereocenters. The first-order chi connectivity index (χ1) is 11.7. The zero-order valence-corrected chi connectivity index (χ0v) is 16.2. The van der Waals surface area contributed by atoms with Crippen molar-refractivity contribution in [1.82, 2.24) is 0 Å². The van der Waals surface area contributed by atoms with Gasteiger partial charge in [-0.15, -0.1) is 0 Å². The summed E-state index contributed by atoms with van der Waals surface area (Å²) in [5.74, 6) is -0.637. The summed E-state index contributed by atoms with van der Waals surface area (Å²) in [4.78, 5) is 11.8. The van der Waals surface area contributed by atoms with Crippen LogP contribution in [0.3, 0.4) is 0 Å². The molecule has 0 saturated heterocycles. The molecule has 0 heterocycles. The van der Waals surface area contributed by atoms with Crippen LogP contribution in [0.5, 0.6) is 0 Å². The number of hydrogen-bond donors (Lipinski definition) is 1. The minimum atomic E-state index is -3.58. The molecular weight excluding hydrogens is 366 g/mol. The number of esters is 1. The molecular formula is C17H26ClNO5S. The summed E-state index contributed by atoms with van der Waals surface area (Å²) in [5, 5.41) is 0.531. The fourth-order valence-corrected chi connectivity index (χ4v) is 2.88. The van der Waals surface area contributed by atoms with Gasteiger partial charge in [-0.2, -0.15) is 8.42 Å². The smallest absolute Gasteiger partial charge is 0.305 e. The first kappa shape index (κ1) is 21.7. The molecule has 25 heavy (non-hydrogen) atoms. The van der Waals surface area contributed by atoms with Gasteiger partial charge < -0.3 is 10.5 Å². The number of unbranched alkanes of at least 4 members (excludes halogenated alkanes) is 2. The Balaban J connectivity index is 2.68. The van der Waals surface area contributed by atoms with E-state index in [0.29, 0.717) is 23.6 Å². The Morgan fingerprint density at radius 2 is 2.00 bits per heavy atom. The molecule has 0 radical (unpaired) electrons. The molecule has 1 aromatic rings. The molecule has 1 aromatic carbocycles. The predicted octanol–water partition coefficient (Wildman–Crippen LogP) is 3.18. The van der Waals surface area contributed by atoms with Crippen molar-refractivity contribution >= 4 is 33.4 Å². The van der Waals surface area contributed by atoms with Crippen LogP contribution in [0.25, 0.3) is 0 Å². The van der Waals surface area contributed by atoms with Crippen LogP contribution in [0.2, 0.25) is 5.02 Å². The van der Waals surface area contributed by atoms with Crippen LogP contribution in [0.1, 0.15) is 38.2 Å². The molecule has 0 saturated carbocycles. The van der Waals surface area contributed by atoms with Crippen molar-refractivity contribution < 1.29 is 22.1 Å². The third-order valence-corrected chi connectivity index (χ3v) is 4.40. The highest BCUT2D eigenvalue weighted by atomic mass is 35.5. The molecule has 0 bridgehead atoms. The normalized spacial score (nSPS) is 12.8. The lowest BCUT2D eigenvalue weighted by Gasteiger charge is -2.18. The number of carbonyl (C=O) groups excluding carboxylic acids is 1. The van der Waals surface area contributed by atoms with E-state index in [4.69, 9.17) is 26.3 Å². The molecule has 0 aliphatic carbocycles. The van der Waals surface area contributed by atoms with Crippen LogP contribution >= 0.6 is 11.6 Å². The first-order valence-corrected chi connectivity index (χ1v) is 10.4. The second kappa shape index (κ2) is 10.6. The van der Waals surface area contributed by atoms with Crippen molar-refractivity contribution in [2.45, 2.75) is 39.0 Å². The molecule has 0 aromatic heterocycles. The maximum Gasteiger partial charge on any atom is 0.305 e. The monoisotopic (exact) mass is 391 g/mol. The van der Waals surface area contributed by atoms with Crippen LogP contribution in [-0.4, -0.2) is 33.9 Å². The lowest BCUT2D eigenvalue weighted by Crippen LogP contribution is -2.23. The largest absolute Gasteiger partial charge is 0.465 e. The molecule has 0 spiro atoms. The van der Waals surface area contributed by atoms with Gasteiger partial charge >= 0.3 is 5.97 Å². The highest BCUT2D eigenvalue weighted by Gasteiger charge is 2.17. The number of hydrogen-bond acceptors (Lipinski definition) is 6. The molecule has 0 amide bonds. The van der Waals surface area contributed by atoms with Crippen molar-refractivity contribution in [3.05, 3.63) is 28.8 Å². The second-order valence-corrected chi connectivity index (χ2v) is 8.12. The van der Waals surface area contributed by atoms with Gasteiger partial charge in [0.2, 0.25) is 0 Å². The summed E-state index contributed by atoms with van der Waals surface area (Å²) in [7, 11) is -3.58. The fraction of sp³-hybridized carbons (Fsp3) is 0.588. The van der Waals surface area contributed by atoms with E-state index in [2.05, 4.69) is 6.92 Å². The van der Waals surface area contributed by atoms with Crippen LogP contribution in [0.4, 0.5) is 5.69 Å². The summed E-state index contributed by atoms with van der Waals surface area (Å²) >= 11 is 5.98. The number of benzene rings is 1. The summed E-state index contributed by atoms with van der Waals surface area (Å²) in [6.45, 7) is 2.03. The van der Waals surface area contributed by atoms with E-state index in [1.807, 2.05) is 0 Å². The van der Waals surface area contributed by atoms with E-state index < -0.39 is 10.1 Å². The summed E-state index contributed by atoms with van der Waals surface area (Å²) in [6, 6.07) is 5.08. The average molecular weight is 392 g/mol. The topological polar surface area (TPSA) is 95.7 Å². The van der Waals surface area contributed by atoms with Crippen molar-refractivity contribution in [3.63, 3.8) is 0 Å². The fourth-order valence-electron chi connectivity index (χ4n) is 2.25. The molecule has 0 unspecified atom stereocenters. The molecule has 8 heteroatoms. The van der Waals surface area contributed by atoms with E-state index in [-0.39, 0.29) is 25.1 Å². The van der Waals surface area contributed by atoms with Crippen molar-refractivity contribution in [2.75, 3.05) is 25.2 Å². The zero-order chi connectivity index (χ0) is 18.9.